The molecular formula is C13H12ClFN2O3S. The highest BCUT2D eigenvalue weighted by Crippen LogP contribution is 2.31. The minimum Gasteiger partial charge on any atom is -0.455 e. The van der Waals surface area contributed by atoms with Gasteiger partial charge in [-0.2, -0.15) is 0 Å². The van der Waals surface area contributed by atoms with Gasteiger partial charge < -0.3 is 10.5 Å². The Hall–Kier alpha value is -1.83. The lowest BCUT2D eigenvalue weighted by molar-refractivity contribution is 0.482. The van der Waals surface area contributed by atoms with E-state index in [0.29, 0.717) is 0 Å². The van der Waals surface area contributed by atoms with Gasteiger partial charge in [-0.1, -0.05) is 11.6 Å². The van der Waals surface area contributed by atoms with Crippen LogP contribution in [0.3, 0.4) is 0 Å². The van der Waals surface area contributed by atoms with Crippen LogP contribution < -0.4 is 15.2 Å². The van der Waals surface area contributed by atoms with Crippen molar-refractivity contribution in [3.8, 4) is 11.5 Å². The molecule has 5 nitrogen and oxygen atoms in total. The van der Waals surface area contributed by atoms with Crippen molar-refractivity contribution in [1.29, 1.82) is 0 Å². The number of hydrogen-bond acceptors (Lipinski definition) is 4. The Morgan fingerprint density at radius 1 is 1.24 bits per heavy atom. The second-order valence-electron chi connectivity index (χ2n) is 4.09. The molecule has 8 heteroatoms. The second kappa shape index (κ2) is 5.88. The number of halogens is 2. The average molecular weight is 331 g/mol. The van der Waals surface area contributed by atoms with Crippen LogP contribution in [0.15, 0.2) is 41.3 Å². The Morgan fingerprint density at radius 3 is 2.52 bits per heavy atom. The van der Waals surface area contributed by atoms with E-state index < -0.39 is 15.8 Å². The molecule has 0 aliphatic heterocycles. The number of nitrogens with two attached hydrogens (primary N) is 1. The van der Waals surface area contributed by atoms with Crippen molar-refractivity contribution >= 4 is 27.3 Å². The van der Waals surface area contributed by atoms with Crippen LogP contribution in [0.5, 0.6) is 11.5 Å². The van der Waals surface area contributed by atoms with E-state index in [2.05, 4.69) is 4.72 Å². The average Bonchev–Trinajstić information content (AvgIpc) is 2.45. The van der Waals surface area contributed by atoms with Crippen molar-refractivity contribution in [2.45, 2.75) is 4.90 Å². The summed E-state index contributed by atoms with van der Waals surface area (Å²) in [4.78, 5) is 0.0204. The molecule has 2 aromatic carbocycles. The summed E-state index contributed by atoms with van der Waals surface area (Å²) in [6, 6.07) is 7.88. The molecule has 0 amide bonds. The first-order valence-corrected chi connectivity index (χ1v) is 7.65. The van der Waals surface area contributed by atoms with Crippen LogP contribution in [-0.2, 0) is 10.0 Å². The Bertz CT molecular complexity index is 781. The number of hydrogen-bond donors (Lipinski definition) is 2. The molecule has 0 atom stereocenters. The lowest BCUT2D eigenvalue weighted by Gasteiger charge is -2.10. The van der Waals surface area contributed by atoms with E-state index in [1.165, 1.54) is 37.4 Å². The number of benzene rings is 2. The molecule has 0 fully saturated rings. The van der Waals surface area contributed by atoms with Crippen molar-refractivity contribution in [1.82, 2.24) is 4.72 Å². The van der Waals surface area contributed by atoms with Gasteiger partial charge in [-0.25, -0.2) is 17.5 Å². The summed E-state index contributed by atoms with van der Waals surface area (Å²) >= 11 is 5.65. The largest absolute Gasteiger partial charge is 0.455 e. The molecule has 2 rings (SSSR count). The van der Waals surface area contributed by atoms with E-state index in [4.69, 9.17) is 22.1 Å². The van der Waals surface area contributed by atoms with Crippen molar-refractivity contribution in [3.05, 3.63) is 47.2 Å². The van der Waals surface area contributed by atoms with Crippen LogP contribution in [0, 0.1) is 5.82 Å². The molecule has 0 aliphatic rings. The number of nitrogens with one attached hydrogen (secondary N) is 1. The first-order chi connectivity index (χ1) is 9.83. The standard InChI is InChI=1S/C13H12ClFN2O3S/c1-17-21(18,19)9-3-5-13(12(16)7-9)20-8-2-4-11(15)10(14)6-8/h2-7,17H,16H2,1H3. The zero-order chi connectivity index (χ0) is 15.6. The number of anilines is 1. The lowest BCUT2D eigenvalue weighted by Crippen LogP contribution is -2.18. The number of rotatable bonds is 4. The monoisotopic (exact) mass is 330 g/mol. The molecule has 0 saturated heterocycles. The third-order valence-electron chi connectivity index (χ3n) is 2.68. The molecule has 0 unspecified atom stereocenters. The first-order valence-electron chi connectivity index (χ1n) is 5.79. The summed E-state index contributed by atoms with van der Waals surface area (Å²) in [5.74, 6) is -0.0301. The number of sulfonamides is 1. The normalized spacial score (nSPS) is 11.4. The summed E-state index contributed by atoms with van der Waals surface area (Å²) in [6.07, 6.45) is 0. The zero-order valence-corrected chi connectivity index (χ0v) is 12.5. The molecule has 0 heterocycles. The van der Waals surface area contributed by atoms with Crippen molar-refractivity contribution in [2.24, 2.45) is 0 Å². The SMILES string of the molecule is CNS(=O)(=O)c1ccc(Oc2ccc(F)c(Cl)c2)c(N)c1. The summed E-state index contributed by atoms with van der Waals surface area (Å²) in [5.41, 5.74) is 5.90. The fraction of sp³-hybridized carbons (Fsp3) is 0.0769. The van der Waals surface area contributed by atoms with Crippen molar-refractivity contribution < 1.29 is 17.5 Å². The van der Waals surface area contributed by atoms with E-state index in [9.17, 15) is 12.8 Å². The van der Waals surface area contributed by atoms with Crippen LogP contribution >= 0.6 is 11.6 Å². The molecule has 112 valence electrons. The Labute approximate surface area is 126 Å². The number of nitrogen functional groups attached to an aromatic ring is 1. The van der Waals surface area contributed by atoms with Gasteiger partial charge >= 0.3 is 0 Å². The molecule has 0 bridgehead atoms. The van der Waals surface area contributed by atoms with Gasteiger partial charge in [0.15, 0.2) is 0 Å². The van der Waals surface area contributed by atoms with Gasteiger partial charge in [0.25, 0.3) is 0 Å². The number of ether oxygens (including phenoxy) is 1. The summed E-state index contributed by atoms with van der Waals surface area (Å²) in [5, 5.41) is -0.0829. The first kappa shape index (κ1) is 15.6. The van der Waals surface area contributed by atoms with Crippen LogP contribution in [-0.4, -0.2) is 15.5 Å². The van der Waals surface area contributed by atoms with Gasteiger partial charge in [-0.05, 0) is 37.4 Å². The van der Waals surface area contributed by atoms with Crippen molar-refractivity contribution in [2.75, 3.05) is 12.8 Å². The van der Waals surface area contributed by atoms with E-state index in [1.807, 2.05) is 0 Å². The highest BCUT2D eigenvalue weighted by molar-refractivity contribution is 7.89. The second-order valence-corrected chi connectivity index (χ2v) is 6.38. The summed E-state index contributed by atoms with van der Waals surface area (Å²) in [7, 11) is -2.28. The topological polar surface area (TPSA) is 81.4 Å². The summed E-state index contributed by atoms with van der Waals surface area (Å²) in [6.45, 7) is 0. The quantitative estimate of drug-likeness (QED) is 0.845. The fourth-order valence-corrected chi connectivity index (χ4v) is 2.51. The third-order valence-corrected chi connectivity index (χ3v) is 4.38. The van der Waals surface area contributed by atoms with Crippen LogP contribution in [0.2, 0.25) is 5.02 Å². The third kappa shape index (κ3) is 3.44. The molecular weight excluding hydrogens is 319 g/mol. The molecule has 0 aromatic heterocycles. The minimum atomic E-state index is -3.58. The van der Waals surface area contributed by atoms with Crippen LogP contribution in [0.1, 0.15) is 0 Å². The van der Waals surface area contributed by atoms with E-state index in [-0.39, 0.29) is 27.1 Å². The van der Waals surface area contributed by atoms with E-state index in [0.717, 1.165) is 6.07 Å². The Kier molecular flexibility index (Phi) is 4.36. The van der Waals surface area contributed by atoms with Crippen molar-refractivity contribution in [3.63, 3.8) is 0 Å². The smallest absolute Gasteiger partial charge is 0.240 e. The maximum atomic E-state index is 13.1. The van der Waals surface area contributed by atoms with Gasteiger partial charge in [-0.15, -0.1) is 0 Å². The highest BCUT2D eigenvalue weighted by atomic mass is 35.5. The lowest BCUT2D eigenvalue weighted by atomic mass is 10.3. The molecule has 0 saturated carbocycles. The molecule has 3 N–H and O–H groups in total. The molecule has 2 aromatic rings. The Morgan fingerprint density at radius 2 is 1.95 bits per heavy atom. The predicted molar refractivity (Wildman–Crippen MR) is 78.6 cm³/mol. The van der Waals surface area contributed by atoms with E-state index >= 15 is 0 Å². The molecule has 0 radical (unpaired) electrons. The predicted octanol–water partition coefficient (Wildman–Crippen LogP) is 2.76. The maximum absolute atomic E-state index is 13.1. The fourth-order valence-electron chi connectivity index (χ4n) is 1.57. The molecule has 0 spiro atoms. The van der Waals surface area contributed by atoms with Gasteiger partial charge in [0.2, 0.25) is 10.0 Å². The van der Waals surface area contributed by atoms with Gasteiger partial charge in [0.1, 0.15) is 17.3 Å². The van der Waals surface area contributed by atoms with Gasteiger partial charge in [0, 0.05) is 6.07 Å². The van der Waals surface area contributed by atoms with Crippen LogP contribution in [0.25, 0.3) is 0 Å². The maximum Gasteiger partial charge on any atom is 0.240 e. The van der Waals surface area contributed by atoms with Crippen LogP contribution in [0.4, 0.5) is 10.1 Å². The Balaban J connectivity index is 2.31. The molecule has 0 aliphatic carbocycles. The minimum absolute atomic E-state index is 0.0204. The van der Waals surface area contributed by atoms with Gasteiger partial charge in [-0.3, -0.25) is 0 Å². The highest BCUT2D eigenvalue weighted by Gasteiger charge is 2.14. The summed E-state index contributed by atoms with van der Waals surface area (Å²) < 4.78 is 44.0. The van der Waals surface area contributed by atoms with Gasteiger partial charge in [0.05, 0.1) is 15.6 Å². The van der Waals surface area contributed by atoms with E-state index in [1.54, 1.807) is 0 Å². The molecule has 21 heavy (non-hydrogen) atoms. The zero-order valence-electron chi connectivity index (χ0n) is 10.9.